The molecule has 2 aromatic rings. The Kier molecular flexibility index (Phi) is 3.70. The van der Waals surface area contributed by atoms with E-state index in [4.69, 9.17) is 4.52 Å². The van der Waals surface area contributed by atoms with Gasteiger partial charge in [0.1, 0.15) is 5.56 Å². The van der Waals surface area contributed by atoms with Crippen molar-refractivity contribution in [3.05, 3.63) is 45.0 Å². The number of aromatic nitrogens is 3. The molecule has 24 heavy (non-hydrogen) atoms. The lowest BCUT2D eigenvalue weighted by molar-refractivity contribution is 0.0726. The SMILES string of the molecule is Cc1nc([C@H]2CCCN2C(=O)c2cc3c([nH]c2=O)CCCC3)no1. The first-order valence-corrected chi connectivity index (χ1v) is 8.50. The number of amides is 1. The van der Waals surface area contributed by atoms with Crippen LogP contribution in [0.15, 0.2) is 15.4 Å². The summed E-state index contributed by atoms with van der Waals surface area (Å²) < 4.78 is 5.04. The van der Waals surface area contributed by atoms with E-state index in [0.29, 0.717) is 18.3 Å². The van der Waals surface area contributed by atoms with Gasteiger partial charge in [-0.1, -0.05) is 5.16 Å². The first kappa shape index (κ1) is 15.1. The average molecular weight is 328 g/mol. The molecule has 3 heterocycles. The predicted octanol–water partition coefficient (Wildman–Crippen LogP) is 1.92. The molecule has 4 rings (SSSR count). The summed E-state index contributed by atoms with van der Waals surface area (Å²) in [6.45, 7) is 2.33. The molecule has 2 aromatic heterocycles. The van der Waals surface area contributed by atoms with Crippen LogP contribution in [0.2, 0.25) is 0 Å². The molecule has 1 N–H and O–H groups in total. The highest BCUT2D eigenvalue weighted by Crippen LogP contribution is 2.31. The molecule has 1 aliphatic heterocycles. The van der Waals surface area contributed by atoms with Gasteiger partial charge in [0.15, 0.2) is 5.82 Å². The summed E-state index contributed by atoms with van der Waals surface area (Å²) >= 11 is 0. The Morgan fingerprint density at radius 2 is 2.17 bits per heavy atom. The fourth-order valence-corrected chi connectivity index (χ4v) is 3.72. The third-order valence-electron chi connectivity index (χ3n) is 4.92. The maximum atomic E-state index is 13.0. The van der Waals surface area contributed by atoms with Crippen molar-refractivity contribution >= 4 is 5.91 Å². The van der Waals surface area contributed by atoms with Crippen LogP contribution in [0.3, 0.4) is 0 Å². The summed E-state index contributed by atoms with van der Waals surface area (Å²) in [4.78, 5) is 34.2. The summed E-state index contributed by atoms with van der Waals surface area (Å²) in [6, 6.07) is 1.57. The van der Waals surface area contributed by atoms with E-state index in [0.717, 1.165) is 49.8 Å². The number of carbonyl (C=O) groups is 1. The second kappa shape index (κ2) is 5.89. The van der Waals surface area contributed by atoms with E-state index in [-0.39, 0.29) is 23.1 Å². The molecule has 7 heteroatoms. The summed E-state index contributed by atoms with van der Waals surface area (Å²) in [6.07, 6.45) is 5.64. The molecule has 0 radical (unpaired) electrons. The number of aryl methyl sites for hydroxylation is 3. The highest BCUT2D eigenvalue weighted by Gasteiger charge is 2.35. The number of rotatable bonds is 2. The number of nitrogens with zero attached hydrogens (tertiary/aromatic N) is 3. The van der Waals surface area contributed by atoms with Crippen molar-refractivity contribution in [2.24, 2.45) is 0 Å². The number of pyridine rings is 1. The number of hydrogen-bond acceptors (Lipinski definition) is 5. The Morgan fingerprint density at radius 3 is 2.96 bits per heavy atom. The van der Waals surface area contributed by atoms with Gasteiger partial charge >= 0.3 is 0 Å². The van der Waals surface area contributed by atoms with Crippen LogP contribution in [0.4, 0.5) is 0 Å². The predicted molar refractivity (Wildman–Crippen MR) is 85.8 cm³/mol. The third-order valence-corrected chi connectivity index (χ3v) is 4.92. The van der Waals surface area contributed by atoms with Crippen molar-refractivity contribution in [2.75, 3.05) is 6.54 Å². The smallest absolute Gasteiger partial charge is 0.261 e. The summed E-state index contributed by atoms with van der Waals surface area (Å²) in [5, 5.41) is 3.95. The van der Waals surface area contributed by atoms with Crippen molar-refractivity contribution < 1.29 is 9.32 Å². The quantitative estimate of drug-likeness (QED) is 0.909. The zero-order valence-electron chi connectivity index (χ0n) is 13.7. The van der Waals surface area contributed by atoms with Crippen LogP contribution in [0.5, 0.6) is 0 Å². The van der Waals surface area contributed by atoms with Crippen LogP contribution in [-0.4, -0.2) is 32.5 Å². The first-order valence-electron chi connectivity index (χ1n) is 8.50. The largest absolute Gasteiger partial charge is 0.340 e. The summed E-state index contributed by atoms with van der Waals surface area (Å²) in [5.74, 6) is 0.762. The van der Waals surface area contributed by atoms with Gasteiger partial charge in [-0.15, -0.1) is 0 Å². The Balaban J connectivity index is 1.67. The molecule has 7 nitrogen and oxygen atoms in total. The maximum Gasteiger partial charge on any atom is 0.261 e. The number of H-pyrrole nitrogens is 1. The topological polar surface area (TPSA) is 92.1 Å². The van der Waals surface area contributed by atoms with Gasteiger partial charge in [-0.3, -0.25) is 9.59 Å². The highest BCUT2D eigenvalue weighted by atomic mass is 16.5. The zero-order valence-corrected chi connectivity index (χ0v) is 13.7. The second-order valence-corrected chi connectivity index (χ2v) is 6.55. The first-order chi connectivity index (χ1) is 11.6. The molecule has 0 spiro atoms. The van der Waals surface area contributed by atoms with Gasteiger partial charge in [0.2, 0.25) is 5.89 Å². The molecule has 0 saturated carbocycles. The van der Waals surface area contributed by atoms with E-state index in [9.17, 15) is 9.59 Å². The molecule has 126 valence electrons. The molecule has 0 aromatic carbocycles. The van der Waals surface area contributed by atoms with Gasteiger partial charge in [0.25, 0.3) is 11.5 Å². The molecule has 1 aliphatic carbocycles. The van der Waals surface area contributed by atoms with Gasteiger partial charge < -0.3 is 14.4 Å². The van der Waals surface area contributed by atoms with Crippen LogP contribution in [-0.2, 0) is 12.8 Å². The van der Waals surface area contributed by atoms with Crippen molar-refractivity contribution in [1.82, 2.24) is 20.0 Å². The van der Waals surface area contributed by atoms with E-state index in [1.54, 1.807) is 17.9 Å². The molecule has 2 aliphatic rings. The molecular formula is C17H20N4O3. The van der Waals surface area contributed by atoms with Crippen molar-refractivity contribution in [3.8, 4) is 0 Å². The maximum absolute atomic E-state index is 13.0. The van der Waals surface area contributed by atoms with Gasteiger partial charge in [-0.25, -0.2) is 0 Å². The van der Waals surface area contributed by atoms with Crippen LogP contribution in [0, 0.1) is 6.92 Å². The Hall–Kier alpha value is -2.44. The number of aromatic amines is 1. The zero-order chi connectivity index (χ0) is 16.7. The Bertz CT molecular complexity index is 839. The van der Waals surface area contributed by atoms with Gasteiger partial charge in [0.05, 0.1) is 6.04 Å². The highest BCUT2D eigenvalue weighted by molar-refractivity contribution is 5.94. The fraction of sp³-hybridized carbons (Fsp3) is 0.529. The number of hydrogen-bond donors (Lipinski definition) is 1. The lowest BCUT2D eigenvalue weighted by atomic mass is 9.95. The van der Waals surface area contributed by atoms with Gasteiger partial charge in [-0.05, 0) is 50.2 Å². The molecular weight excluding hydrogens is 308 g/mol. The Morgan fingerprint density at radius 1 is 1.33 bits per heavy atom. The lowest BCUT2D eigenvalue weighted by Gasteiger charge is -2.23. The summed E-state index contributed by atoms with van der Waals surface area (Å²) in [5.41, 5.74) is 2.00. The average Bonchev–Trinajstić information content (AvgIpc) is 3.22. The Labute approximate surface area is 139 Å². The molecule has 0 bridgehead atoms. The molecule has 0 unspecified atom stereocenters. The van der Waals surface area contributed by atoms with Crippen LogP contribution in [0.25, 0.3) is 0 Å². The van der Waals surface area contributed by atoms with E-state index in [2.05, 4.69) is 15.1 Å². The number of carbonyl (C=O) groups excluding carboxylic acids is 1. The monoisotopic (exact) mass is 328 g/mol. The lowest BCUT2D eigenvalue weighted by Crippen LogP contribution is -2.35. The standard InChI is InChI=1S/C17H20N4O3/c1-10-18-15(20-24-10)14-7-4-8-21(14)17(23)12-9-11-5-2-3-6-13(11)19-16(12)22/h9,14H,2-8H2,1H3,(H,19,22)/t14-/m1/s1. The van der Waals surface area contributed by atoms with Crippen molar-refractivity contribution in [2.45, 2.75) is 51.5 Å². The second-order valence-electron chi connectivity index (χ2n) is 6.55. The summed E-state index contributed by atoms with van der Waals surface area (Å²) in [7, 11) is 0. The minimum Gasteiger partial charge on any atom is -0.340 e. The van der Waals surface area contributed by atoms with Crippen LogP contribution < -0.4 is 5.56 Å². The molecule has 1 fully saturated rings. The molecule has 1 saturated heterocycles. The number of likely N-dealkylation sites (tertiary alicyclic amines) is 1. The van der Waals surface area contributed by atoms with Gasteiger partial charge in [0, 0.05) is 19.2 Å². The van der Waals surface area contributed by atoms with Crippen LogP contribution in [0.1, 0.15) is 65.1 Å². The third kappa shape index (κ3) is 2.53. The van der Waals surface area contributed by atoms with Crippen LogP contribution >= 0.6 is 0 Å². The minimum atomic E-state index is -0.296. The fourth-order valence-electron chi connectivity index (χ4n) is 3.72. The normalized spacial score (nSPS) is 20.2. The van der Waals surface area contributed by atoms with Crippen molar-refractivity contribution in [1.29, 1.82) is 0 Å². The van der Waals surface area contributed by atoms with E-state index in [1.165, 1.54) is 0 Å². The number of fused-ring (bicyclic) bond motifs is 1. The minimum absolute atomic E-state index is 0.217. The van der Waals surface area contributed by atoms with Gasteiger partial charge in [-0.2, -0.15) is 4.98 Å². The van der Waals surface area contributed by atoms with E-state index >= 15 is 0 Å². The van der Waals surface area contributed by atoms with E-state index in [1.807, 2.05) is 0 Å². The number of nitrogens with one attached hydrogen (secondary N) is 1. The molecule has 1 amide bonds. The molecule has 1 atom stereocenters. The van der Waals surface area contributed by atoms with Crippen molar-refractivity contribution in [3.63, 3.8) is 0 Å². The van der Waals surface area contributed by atoms with E-state index < -0.39 is 0 Å².